The minimum Gasteiger partial charge on any atom is -0.372 e. The minimum absolute atomic E-state index is 0.121. The largest absolute Gasteiger partial charge is 0.372 e. The molecule has 112 valence electrons. The monoisotopic (exact) mass is 278 g/mol. The molecule has 1 fully saturated rings. The Hall–Kier alpha value is -1.09. The number of benzene rings is 1. The average Bonchev–Trinajstić information content (AvgIpc) is 2.88. The molecule has 1 aliphatic carbocycles. The Labute approximate surface area is 122 Å². The van der Waals surface area contributed by atoms with Crippen LogP contribution in [-0.4, -0.2) is 26.7 Å². The Kier molecular flexibility index (Phi) is 5.41. The Morgan fingerprint density at radius 1 is 1.25 bits per heavy atom. The highest BCUT2D eigenvalue weighted by Crippen LogP contribution is 2.39. The van der Waals surface area contributed by atoms with Crippen LogP contribution in [0, 0.1) is 11.2 Å². The molecule has 1 aromatic rings. The lowest BCUT2D eigenvalue weighted by atomic mass is 9.85. The van der Waals surface area contributed by atoms with Crippen molar-refractivity contribution in [1.29, 1.82) is 0 Å². The predicted octanol–water partition coefficient (Wildman–Crippen LogP) is 3.82. The van der Waals surface area contributed by atoms with Crippen molar-refractivity contribution in [3.05, 3.63) is 30.1 Å². The second kappa shape index (κ2) is 7.07. The van der Waals surface area contributed by atoms with Crippen LogP contribution in [0.3, 0.4) is 0 Å². The van der Waals surface area contributed by atoms with E-state index < -0.39 is 0 Å². The fourth-order valence-corrected chi connectivity index (χ4v) is 3.40. The summed E-state index contributed by atoms with van der Waals surface area (Å²) in [5.41, 5.74) is 1.03. The van der Waals surface area contributed by atoms with Crippen LogP contribution in [0.4, 0.5) is 10.1 Å². The van der Waals surface area contributed by atoms with Gasteiger partial charge in [0.25, 0.3) is 0 Å². The Morgan fingerprint density at radius 2 is 1.95 bits per heavy atom. The first-order chi connectivity index (χ1) is 9.67. The molecule has 2 nitrogen and oxygen atoms in total. The Bertz CT molecular complexity index is 413. The van der Waals surface area contributed by atoms with Gasteiger partial charge in [-0.2, -0.15) is 0 Å². The molecule has 20 heavy (non-hydrogen) atoms. The van der Waals surface area contributed by atoms with Crippen LogP contribution >= 0.6 is 0 Å². The number of anilines is 1. The quantitative estimate of drug-likeness (QED) is 0.763. The molecule has 0 radical (unpaired) electrons. The van der Waals surface area contributed by atoms with E-state index in [2.05, 4.69) is 17.1 Å². The summed E-state index contributed by atoms with van der Waals surface area (Å²) in [5, 5.41) is 3.57. The molecule has 0 aliphatic heterocycles. The SMILES string of the molecule is CCCNCC1(CN(C)c2ccccc2F)CCCC1. The fourth-order valence-electron chi connectivity index (χ4n) is 3.40. The maximum atomic E-state index is 13.9. The second-order valence-electron chi connectivity index (χ2n) is 6.19. The Balaban J connectivity index is 2.02. The van der Waals surface area contributed by atoms with Gasteiger partial charge in [0.1, 0.15) is 5.82 Å². The summed E-state index contributed by atoms with van der Waals surface area (Å²) in [7, 11) is 2.01. The van der Waals surface area contributed by atoms with E-state index in [1.807, 2.05) is 19.2 Å². The highest BCUT2D eigenvalue weighted by atomic mass is 19.1. The van der Waals surface area contributed by atoms with Gasteiger partial charge in [0.15, 0.2) is 0 Å². The van der Waals surface area contributed by atoms with Gasteiger partial charge in [0, 0.05) is 25.6 Å². The summed E-state index contributed by atoms with van der Waals surface area (Å²) in [4.78, 5) is 2.09. The zero-order valence-electron chi connectivity index (χ0n) is 12.8. The van der Waals surface area contributed by atoms with Gasteiger partial charge in [-0.1, -0.05) is 31.9 Å². The van der Waals surface area contributed by atoms with Gasteiger partial charge in [0.2, 0.25) is 0 Å². The number of hydrogen-bond acceptors (Lipinski definition) is 2. The molecule has 0 unspecified atom stereocenters. The number of nitrogens with one attached hydrogen (secondary N) is 1. The topological polar surface area (TPSA) is 15.3 Å². The van der Waals surface area contributed by atoms with Gasteiger partial charge < -0.3 is 10.2 Å². The minimum atomic E-state index is -0.121. The highest BCUT2D eigenvalue weighted by Gasteiger charge is 2.34. The van der Waals surface area contributed by atoms with E-state index in [1.54, 1.807) is 12.1 Å². The van der Waals surface area contributed by atoms with Gasteiger partial charge >= 0.3 is 0 Å². The number of rotatable bonds is 7. The maximum Gasteiger partial charge on any atom is 0.146 e. The smallest absolute Gasteiger partial charge is 0.146 e. The third-order valence-electron chi connectivity index (χ3n) is 4.43. The molecular weight excluding hydrogens is 251 g/mol. The number of para-hydroxylation sites is 1. The summed E-state index contributed by atoms with van der Waals surface area (Å²) in [6.07, 6.45) is 6.28. The zero-order valence-corrected chi connectivity index (χ0v) is 12.8. The lowest BCUT2D eigenvalue weighted by molar-refractivity contribution is 0.286. The van der Waals surface area contributed by atoms with Crippen LogP contribution in [0.2, 0.25) is 0 Å². The van der Waals surface area contributed by atoms with Crippen LogP contribution in [0.1, 0.15) is 39.0 Å². The predicted molar refractivity (Wildman–Crippen MR) is 83.7 cm³/mol. The molecule has 3 heteroatoms. The molecule has 1 aliphatic rings. The molecule has 1 N–H and O–H groups in total. The molecule has 1 saturated carbocycles. The molecule has 2 rings (SSSR count). The summed E-state index contributed by atoms with van der Waals surface area (Å²) in [5.74, 6) is -0.121. The van der Waals surface area contributed by atoms with Crippen molar-refractivity contribution in [2.75, 3.05) is 31.6 Å². The number of nitrogens with zero attached hydrogens (tertiary/aromatic N) is 1. The van der Waals surface area contributed by atoms with Crippen molar-refractivity contribution in [1.82, 2.24) is 5.32 Å². The normalized spacial score (nSPS) is 17.4. The summed E-state index contributed by atoms with van der Waals surface area (Å²) >= 11 is 0. The molecule has 0 amide bonds. The summed E-state index contributed by atoms with van der Waals surface area (Å²) in [6.45, 7) is 5.26. The molecule has 0 spiro atoms. The van der Waals surface area contributed by atoms with E-state index in [0.717, 1.165) is 19.6 Å². The van der Waals surface area contributed by atoms with Crippen molar-refractivity contribution in [2.45, 2.75) is 39.0 Å². The van der Waals surface area contributed by atoms with E-state index in [9.17, 15) is 4.39 Å². The van der Waals surface area contributed by atoms with E-state index in [0.29, 0.717) is 11.1 Å². The molecule has 0 saturated heterocycles. The average molecular weight is 278 g/mol. The molecule has 0 atom stereocenters. The van der Waals surface area contributed by atoms with Crippen LogP contribution in [0.15, 0.2) is 24.3 Å². The van der Waals surface area contributed by atoms with Crippen molar-refractivity contribution in [2.24, 2.45) is 5.41 Å². The standard InChI is InChI=1S/C17H27FN2/c1-3-12-19-13-17(10-6-7-11-17)14-20(2)16-9-5-4-8-15(16)18/h4-5,8-9,19H,3,6-7,10-14H2,1-2H3. The van der Waals surface area contributed by atoms with Crippen molar-refractivity contribution in [3.8, 4) is 0 Å². The van der Waals surface area contributed by atoms with E-state index in [1.165, 1.54) is 32.1 Å². The van der Waals surface area contributed by atoms with Crippen molar-refractivity contribution < 1.29 is 4.39 Å². The van der Waals surface area contributed by atoms with Crippen LogP contribution in [-0.2, 0) is 0 Å². The third kappa shape index (κ3) is 3.72. The lowest BCUT2D eigenvalue weighted by Gasteiger charge is -2.35. The summed E-state index contributed by atoms with van der Waals surface area (Å²) in [6, 6.07) is 7.08. The first kappa shape index (κ1) is 15.3. The van der Waals surface area contributed by atoms with Crippen molar-refractivity contribution >= 4 is 5.69 Å². The fraction of sp³-hybridized carbons (Fsp3) is 0.647. The molecule has 0 bridgehead atoms. The summed E-state index contributed by atoms with van der Waals surface area (Å²) < 4.78 is 13.9. The van der Waals surface area contributed by atoms with E-state index in [-0.39, 0.29) is 5.82 Å². The van der Waals surface area contributed by atoms with E-state index >= 15 is 0 Å². The number of hydrogen-bond donors (Lipinski definition) is 1. The van der Waals surface area contributed by atoms with Gasteiger partial charge in [-0.15, -0.1) is 0 Å². The van der Waals surface area contributed by atoms with Crippen LogP contribution in [0.25, 0.3) is 0 Å². The maximum absolute atomic E-state index is 13.9. The van der Waals surface area contributed by atoms with Crippen LogP contribution in [0.5, 0.6) is 0 Å². The lowest BCUT2D eigenvalue weighted by Crippen LogP contribution is -2.41. The molecule has 0 aromatic heterocycles. The first-order valence-electron chi connectivity index (χ1n) is 7.83. The van der Waals surface area contributed by atoms with Gasteiger partial charge in [0.05, 0.1) is 5.69 Å². The molecular formula is C17H27FN2. The zero-order chi connectivity index (χ0) is 14.4. The Morgan fingerprint density at radius 3 is 2.60 bits per heavy atom. The van der Waals surface area contributed by atoms with Crippen LogP contribution < -0.4 is 10.2 Å². The van der Waals surface area contributed by atoms with Gasteiger partial charge in [-0.25, -0.2) is 4.39 Å². The first-order valence-corrected chi connectivity index (χ1v) is 7.83. The third-order valence-corrected chi connectivity index (χ3v) is 4.43. The second-order valence-corrected chi connectivity index (χ2v) is 6.19. The van der Waals surface area contributed by atoms with Gasteiger partial charge in [-0.3, -0.25) is 0 Å². The highest BCUT2D eigenvalue weighted by molar-refractivity contribution is 5.47. The molecule has 1 aromatic carbocycles. The van der Waals surface area contributed by atoms with E-state index in [4.69, 9.17) is 0 Å². The van der Waals surface area contributed by atoms with Crippen molar-refractivity contribution in [3.63, 3.8) is 0 Å². The molecule has 0 heterocycles. The number of halogens is 1. The van der Waals surface area contributed by atoms with Gasteiger partial charge in [-0.05, 0) is 37.9 Å².